The van der Waals surface area contributed by atoms with Gasteiger partial charge in [0.25, 0.3) is 5.91 Å². The van der Waals surface area contributed by atoms with Gasteiger partial charge in [0.05, 0.1) is 36.1 Å². The van der Waals surface area contributed by atoms with Crippen molar-refractivity contribution in [3.8, 4) is 39.5 Å². The maximum Gasteiger partial charge on any atom is 0.272 e. The highest BCUT2D eigenvalue weighted by Gasteiger charge is 2.32. The van der Waals surface area contributed by atoms with Crippen molar-refractivity contribution in [3.63, 3.8) is 0 Å². The summed E-state index contributed by atoms with van der Waals surface area (Å²) in [6, 6.07) is 7.13. The normalized spacial score (nSPS) is 15.8. The Labute approximate surface area is 266 Å². The highest BCUT2D eigenvalue weighted by molar-refractivity contribution is 7.18. The Bertz CT molecular complexity index is 2070. The van der Waals surface area contributed by atoms with Crippen LogP contribution in [0.25, 0.3) is 43.9 Å². The number of aromatic nitrogens is 4. The summed E-state index contributed by atoms with van der Waals surface area (Å²) < 4.78 is 38.6. The number of hydrogen-bond donors (Lipinski definition) is 1. The summed E-state index contributed by atoms with van der Waals surface area (Å²) >= 11 is 1.35. The van der Waals surface area contributed by atoms with Gasteiger partial charge < -0.3 is 19.6 Å². The Morgan fingerprint density at radius 1 is 1.17 bits per heavy atom. The zero-order valence-corrected chi connectivity index (χ0v) is 25.8. The van der Waals surface area contributed by atoms with Gasteiger partial charge in [-0.05, 0) is 36.6 Å². The fraction of sp³-hybridized carbons (Fsp3) is 0.242. The maximum atomic E-state index is 15.9. The molecule has 2 aliphatic rings. The number of thiophene rings is 1. The van der Waals surface area contributed by atoms with Gasteiger partial charge in [-0.25, -0.2) is 13.8 Å². The van der Waals surface area contributed by atoms with Gasteiger partial charge >= 0.3 is 0 Å². The summed E-state index contributed by atoms with van der Waals surface area (Å²) in [6.45, 7) is 6.24. The number of benzene rings is 1. The van der Waals surface area contributed by atoms with E-state index in [2.05, 4.69) is 11.6 Å². The lowest BCUT2D eigenvalue weighted by molar-refractivity contribution is -0.129. The molecule has 2 amide bonds. The lowest BCUT2D eigenvalue weighted by Gasteiger charge is -2.33. The monoisotopic (exact) mass is 642 g/mol. The molecule has 2 aliphatic heterocycles. The van der Waals surface area contributed by atoms with Gasteiger partial charge in [-0.1, -0.05) is 6.58 Å². The molecule has 7 rings (SSSR count). The number of rotatable bonds is 7. The molecule has 0 fully saturated rings. The first-order chi connectivity index (χ1) is 22.2. The number of halogens is 2. The van der Waals surface area contributed by atoms with E-state index in [1.165, 1.54) is 17.4 Å². The SMILES string of the molecule is C=CC(=O)N1CCn2nc(-c3nc(-c4cnc5c(c4)CN(C)C5=O)c4ccsc4c3-c3c(F)cc(F)cc3OCCO)cc2[C@H]1C. The topological polar surface area (TPSA) is 114 Å². The van der Waals surface area contributed by atoms with E-state index < -0.39 is 11.6 Å². The van der Waals surface area contributed by atoms with Crippen molar-refractivity contribution in [2.75, 3.05) is 26.8 Å². The van der Waals surface area contributed by atoms with Crippen LogP contribution in [0.5, 0.6) is 5.75 Å². The van der Waals surface area contributed by atoms with Crippen molar-refractivity contribution >= 4 is 33.2 Å². The molecule has 0 aliphatic carbocycles. The largest absolute Gasteiger partial charge is 0.490 e. The van der Waals surface area contributed by atoms with Crippen LogP contribution in [-0.4, -0.2) is 73.3 Å². The van der Waals surface area contributed by atoms with Gasteiger partial charge in [-0.2, -0.15) is 5.10 Å². The second-order valence-electron chi connectivity index (χ2n) is 11.2. The van der Waals surface area contributed by atoms with Gasteiger partial charge in [0.2, 0.25) is 5.91 Å². The van der Waals surface area contributed by atoms with Crippen LogP contribution in [0.1, 0.15) is 34.7 Å². The lowest BCUT2D eigenvalue weighted by Crippen LogP contribution is -2.40. The van der Waals surface area contributed by atoms with E-state index in [1.54, 1.807) is 27.7 Å². The standard InChI is InChI=1S/C33H28F2N6O4S/c1-4-26(43)40-6-7-41-24(17(40)2)14-23(38-41)31-28(27-22(35)12-20(34)13-25(27)45-9-8-42)32-21(5-10-46-32)29(37-31)18-11-19-16-39(3)33(44)30(19)36-15-18/h4-5,10-15,17,42H,1,6-9,16H2,2-3H3/t17-/m1/s1. The molecule has 0 radical (unpaired) electrons. The molecular formula is C33H28F2N6O4S. The van der Waals surface area contributed by atoms with Crippen molar-refractivity contribution < 1.29 is 28.2 Å². The van der Waals surface area contributed by atoms with Crippen LogP contribution in [0.2, 0.25) is 0 Å². The third kappa shape index (κ3) is 4.74. The van der Waals surface area contributed by atoms with E-state index in [4.69, 9.17) is 14.8 Å². The van der Waals surface area contributed by atoms with Crippen molar-refractivity contribution in [3.05, 3.63) is 83.1 Å². The van der Waals surface area contributed by atoms with Crippen molar-refractivity contribution in [2.24, 2.45) is 0 Å². The molecular weight excluding hydrogens is 614 g/mol. The number of nitrogens with zero attached hydrogens (tertiary/aromatic N) is 6. The lowest BCUT2D eigenvalue weighted by atomic mass is 9.96. The van der Waals surface area contributed by atoms with Crippen LogP contribution in [0.3, 0.4) is 0 Å². The van der Waals surface area contributed by atoms with Crippen molar-refractivity contribution in [1.29, 1.82) is 0 Å². The van der Waals surface area contributed by atoms with Crippen molar-refractivity contribution in [1.82, 2.24) is 29.5 Å². The molecule has 0 unspecified atom stereocenters. The van der Waals surface area contributed by atoms with Gasteiger partial charge in [0.1, 0.15) is 41.1 Å². The third-order valence-electron chi connectivity index (χ3n) is 8.38. The molecule has 4 aromatic heterocycles. The maximum absolute atomic E-state index is 15.9. The first-order valence-corrected chi connectivity index (χ1v) is 15.5. The van der Waals surface area contributed by atoms with Crippen LogP contribution in [0.15, 0.2) is 54.6 Å². The predicted molar refractivity (Wildman–Crippen MR) is 168 cm³/mol. The number of carbonyl (C=O) groups excluding carboxylic acids is 2. The summed E-state index contributed by atoms with van der Waals surface area (Å²) in [4.78, 5) is 38.0. The number of fused-ring (bicyclic) bond motifs is 3. The summed E-state index contributed by atoms with van der Waals surface area (Å²) in [5.74, 6) is -2.13. The Morgan fingerprint density at radius 3 is 2.78 bits per heavy atom. The van der Waals surface area contributed by atoms with Gasteiger partial charge in [-0.15, -0.1) is 11.3 Å². The number of aliphatic hydroxyl groups excluding tert-OH is 1. The molecule has 1 N–H and O–H groups in total. The number of carbonyl (C=O) groups is 2. The number of hydrogen-bond acceptors (Lipinski definition) is 8. The minimum atomic E-state index is -0.862. The number of amides is 2. The van der Waals surface area contributed by atoms with E-state index in [9.17, 15) is 19.1 Å². The van der Waals surface area contributed by atoms with E-state index in [1.807, 2.05) is 30.5 Å². The molecule has 234 valence electrons. The second-order valence-corrected chi connectivity index (χ2v) is 12.1. The highest BCUT2D eigenvalue weighted by Crippen LogP contribution is 2.47. The number of aliphatic hydroxyl groups is 1. The molecule has 5 aromatic rings. The van der Waals surface area contributed by atoms with E-state index in [0.29, 0.717) is 63.6 Å². The van der Waals surface area contributed by atoms with Crippen molar-refractivity contribution in [2.45, 2.75) is 26.1 Å². The smallest absolute Gasteiger partial charge is 0.272 e. The Kier molecular flexibility index (Phi) is 7.36. The summed E-state index contributed by atoms with van der Waals surface area (Å²) in [7, 11) is 1.71. The minimum absolute atomic E-state index is 0.0156. The van der Waals surface area contributed by atoms with Gasteiger partial charge in [0, 0.05) is 65.2 Å². The van der Waals surface area contributed by atoms with E-state index in [-0.39, 0.29) is 42.4 Å². The van der Waals surface area contributed by atoms with Crippen LogP contribution < -0.4 is 4.74 Å². The predicted octanol–water partition coefficient (Wildman–Crippen LogP) is 5.21. The quantitative estimate of drug-likeness (QED) is 0.243. The zero-order chi connectivity index (χ0) is 32.3. The molecule has 46 heavy (non-hydrogen) atoms. The van der Waals surface area contributed by atoms with Crippen LogP contribution in [0, 0.1) is 11.6 Å². The third-order valence-corrected chi connectivity index (χ3v) is 9.31. The number of ether oxygens (including phenoxy) is 1. The van der Waals surface area contributed by atoms with Crippen LogP contribution >= 0.6 is 11.3 Å². The molecule has 0 saturated heterocycles. The fourth-order valence-electron chi connectivity index (χ4n) is 6.22. The molecule has 10 nitrogen and oxygen atoms in total. The van der Waals surface area contributed by atoms with E-state index >= 15 is 4.39 Å². The Morgan fingerprint density at radius 2 is 2.00 bits per heavy atom. The first kappa shape index (κ1) is 29.7. The molecule has 6 heterocycles. The Balaban J connectivity index is 1.50. The zero-order valence-electron chi connectivity index (χ0n) is 25.0. The molecule has 1 atom stereocenters. The highest BCUT2D eigenvalue weighted by atomic mass is 32.1. The second kappa shape index (κ2) is 11.4. The summed E-state index contributed by atoms with van der Waals surface area (Å²) in [6.07, 6.45) is 2.88. The Hall–Kier alpha value is -5.01. The molecule has 0 saturated carbocycles. The average Bonchev–Trinajstić information content (AvgIpc) is 3.77. The average molecular weight is 643 g/mol. The van der Waals surface area contributed by atoms with Crippen LogP contribution in [-0.2, 0) is 17.9 Å². The minimum Gasteiger partial charge on any atom is -0.490 e. The number of pyridine rings is 2. The summed E-state index contributed by atoms with van der Waals surface area (Å²) in [5, 5.41) is 16.9. The molecule has 0 bridgehead atoms. The summed E-state index contributed by atoms with van der Waals surface area (Å²) in [5.41, 5.74) is 4.19. The first-order valence-electron chi connectivity index (χ1n) is 14.6. The molecule has 1 aromatic carbocycles. The fourth-order valence-corrected chi connectivity index (χ4v) is 7.17. The van der Waals surface area contributed by atoms with E-state index in [0.717, 1.165) is 23.4 Å². The molecule has 13 heteroatoms. The molecule has 0 spiro atoms. The van der Waals surface area contributed by atoms with Gasteiger partial charge in [-0.3, -0.25) is 19.3 Å². The van der Waals surface area contributed by atoms with Crippen LogP contribution in [0.4, 0.5) is 8.78 Å². The van der Waals surface area contributed by atoms with Gasteiger partial charge in [0.15, 0.2) is 0 Å².